The van der Waals surface area contributed by atoms with Crippen molar-refractivity contribution in [3.05, 3.63) is 72.3 Å². The first-order valence-corrected chi connectivity index (χ1v) is 9.01. The third-order valence-electron chi connectivity index (χ3n) is 3.87. The number of nitrogens with zero attached hydrogens (tertiary/aromatic N) is 4. The Morgan fingerprint density at radius 3 is 2.86 bits per heavy atom. The molecule has 140 valence electrons. The largest absolute Gasteiger partial charge is 0.497 e. The quantitative estimate of drug-likeness (QED) is 0.556. The monoisotopic (exact) mass is 395 g/mol. The van der Waals surface area contributed by atoms with E-state index in [0.29, 0.717) is 22.4 Å². The number of halogens is 1. The topological polar surface area (TPSA) is 81.9 Å². The summed E-state index contributed by atoms with van der Waals surface area (Å²) in [4.78, 5) is 16.8. The number of rotatable bonds is 5. The molecule has 2 aromatic carbocycles. The molecule has 0 unspecified atom stereocenters. The van der Waals surface area contributed by atoms with E-state index >= 15 is 0 Å². The molecule has 0 aliphatic carbocycles. The first-order valence-electron chi connectivity index (χ1n) is 8.23. The van der Waals surface area contributed by atoms with E-state index < -0.39 is 5.91 Å². The van der Waals surface area contributed by atoms with Crippen molar-refractivity contribution in [2.45, 2.75) is 0 Å². The lowest BCUT2D eigenvalue weighted by molar-refractivity contribution is 0.102. The van der Waals surface area contributed by atoms with Gasteiger partial charge >= 0.3 is 0 Å². The number of ether oxygens (including phenoxy) is 1. The van der Waals surface area contributed by atoms with Crippen LogP contribution in [-0.2, 0) is 0 Å². The summed E-state index contributed by atoms with van der Waals surface area (Å²) in [6, 6.07) is 14.8. The Labute approximate surface area is 163 Å². The minimum Gasteiger partial charge on any atom is -0.497 e. The van der Waals surface area contributed by atoms with Crippen LogP contribution in [0.15, 0.2) is 60.8 Å². The lowest BCUT2D eigenvalue weighted by atomic mass is 10.2. The van der Waals surface area contributed by atoms with Crippen molar-refractivity contribution in [3.8, 4) is 22.8 Å². The van der Waals surface area contributed by atoms with Gasteiger partial charge in [-0.05, 0) is 36.4 Å². The van der Waals surface area contributed by atoms with Crippen LogP contribution in [0.2, 0.25) is 0 Å². The Hall–Kier alpha value is -3.59. The number of anilines is 1. The van der Waals surface area contributed by atoms with Crippen molar-refractivity contribution < 1.29 is 13.9 Å². The number of aromatic nitrogens is 4. The molecule has 2 heterocycles. The molecule has 4 aromatic rings. The second-order valence-electron chi connectivity index (χ2n) is 5.73. The number of hydrogen-bond donors (Lipinski definition) is 1. The van der Waals surface area contributed by atoms with E-state index in [2.05, 4.69) is 19.8 Å². The number of amides is 1. The summed E-state index contributed by atoms with van der Waals surface area (Å²) in [5, 5.41) is 7.21. The van der Waals surface area contributed by atoms with Gasteiger partial charge in [-0.25, -0.2) is 9.07 Å². The maximum atomic E-state index is 13.4. The fraction of sp³-hybridized carbons (Fsp3) is 0.0526. The second-order valence-corrected chi connectivity index (χ2v) is 6.49. The van der Waals surface area contributed by atoms with Gasteiger partial charge in [0.25, 0.3) is 5.91 Å². The molecule has 0 saturated heterocycles. The van der Waals surface area contributed by atoms with Crippen molar-refractivity contribution in [2.75, 3.05) is 12.4 Å². The lowest BCUT2D eigenvalue weighted by Crippen LogP contribution is -2.13. The van der Waals surface area contributed by atoms with Gasteiger partial charge < -0.3 is 4.74 Å². The average Bonchev–Trinajstić information content (AvgIpc) is 3.38. The summed E-state index contributed by atoms with van der Waals surface area (Å²) >= 11 is 1.07. The third-order valence-corrected chi connectivity index (χ3v) is 4.50. The Balaban J connectivity index is 1.49. The number of benzene rings is 2. The Bertz CT molecular complexity index is 1140. The molecule has 0 aliphatic heterocycles. The van der Waals surface area contributed by atoms with Gasteiger partial charge in [-0.1, -0.05) is 18.2 Å². The molecule has 0 saturated carbocycles. The molecule has 0 fully saturated rings. The normalized spacial score (nSPS) is 10.6. The van der Waals surface area contributed by atoms with Gasteiger partial charge in [0.15, 0.2) is 11.5 Å². The molecule has 0 aliphatic rings. The molecule has 1 N–H and O–H groups in total. The molecule has 28 heavy (non-hydrogen) atoms. The van der Waals surface area contributed by atoms with Crippen molar-refractivity contribution in [3.63, 3.8) is 0 Å². The van der Waals surface area contributed by atoms with Gasteiger partial charge in [0.05, 0.1) is 12.8 Å². The summed E-state index contributed by atoms with van der Waals surface area (Å²) in [6.45, 7) is 0. The summed E-state index contributed by atoms with van der Waals surface area (Å²) < 4.78 is 24.2. The predicted octanol–water partition coefficient (Wildman–Crippen LogP) is 3.79. The van der Waals surface area contributed by atoms with Crippen LogP contribution in [0.5, 0.6) is 5.75 Å². The van der Waals surface area contributed by atoms with E-state index in [-0.39, 0.29) is 11.5 Å². The summed E-state index contributed by atoms with van der Waals surface area (Å²) in [6.07, 6.45) is 1.59. The van der Waals surface area contributed by atoms with E-state index in [1.807, 2.05) is 24.3 Å². The van der Waals surface area contributed by atoms with Gasteiger partial charge in [-0.15, -0.1) is 0 Å². The lowest BCUT2D eigenvalue weighted by Gasteiger charge is -2.01. The number of carbonyl (C=O) groups excluding carboxylic acids is 1. The SMILES string of the molecule is COc1cccc(-c2nsc(NC(=O)c3ccn(-c4cccc(F)c4)n3)n2)c1. The maximum Gasteiger partial charge on any atom is 0.277 e. The highest BCUT2D eigenvalue weighted by molar-refractivity contribution is 7.10. The van der Waals surface area contributed by atoms with E-state index in [0.717, 1.165) is 17.1 Å². The standard InChI is InChI=1S/C19H14FN5O2S/c1-27-15-7-2-4-12(10-15)17-21-19(28-24-17)22-18(26)16-8-9-25(23-16)14-6-3-5-13(20)11-14/h2-11H,1H3,(H,21,22,24,26). The zero-order chi connectivity index (χ0) is 19.5. The van der Waals surface area contributed by atoms with Crippen LogP contribution in [0.4, 0.5) is 9.52 Å². The van der Waals surface area contributed by atoms with Crippen molar-refractivity contribution in [2.24, 2.45) is 0 Å². The van der Waals surface area contributed by atoms with Crippen molar-refractivity contribution in [1.82, 2.24) is 19.1 Å². The first kappa shape index (κ1) is 17.8. The molecule has 0 spiro atoms. The predicted molar refractivity (Wildman–Crippen MR) is 103 cm³/mol. The van der Waals surface area contributed by atoms with E-state index in [1.165, 1.54) is 16.8 Å². The molecule has 0 bridgehead atoms. The van der Waals surface area contributed by atoms with Crippen LogP contribution < -0.4 is 10.1 Å². The molecule has 2 aromatic heterocycles. The van der Waals surface area contributed by atoms with Gasteiger partial charge in [-0.2, -0.15) is 14.5 Å². The van der Waals surface area contributed by atoms with Crippen LogP contribution in [-0.4, -0.2) is 32.2 Å². The molecule has 7 nitrogen and oxygen atoms in total. The van der Waals surface area contributed by atoms with Gasteiger partial charge in [0.2, 0.25) is 5.13 Å². The van der Waals surface area contributed by atoms with Crippen LogP contribution in [0, 0.1) is 5.82 Å². The number of nitrogens with one attached hydrogen (secondary N) is 1. The molecular weight excluding hydrogens is 381 g/mol. The zero-order valence-corrected chi connectivity index (χ0v) is 15.5. The van der Waals surface area contributed by atoms with Gasteiger partial charge in [0.1, 0.15) is 11.6 Å². The zero-order valence-electron chi connectivity index (χ0n) is 14.7. The minimum atomic E-state index is -0.427. The number of carbonyl (C=O) groups is 1. The third kappa shape index (κ3) is 3.74. The van der Waals surface area contributed by atoms with Crippen LogP contribution >= 0.6 is 11.5 Å². The van der Waals surface area contributed by atoms with Gasteiger partial charge in [-0.3, -0.25) is 10.1 Å². The highest BCUT2D eigenvalue weighted by atomic mass is 32.1. The average molecular weight is 395 g/mol. The Kier molecular flexibility index (Phi) is 4.81. The second kappa shape index (κ2) is 7.57. The van der Waals surface area contributed by atoms with Gasteiger partial charge in [0, 0.05) is 23.3 Å². The van der Waals surface area contributed by atoms with E-state index in [9.17, 15) is 9.18 Å². The Morgan fingerprint density at radius 1 is 1.18 bits per heavy atom. The number of hydrogen-bond acceptors (Lipinski definition) is 6. The summed E-state index contributed by atoms with van der Waals surface area (Å²) in [7, 11) is 1.59. The molecule has 9 heteroatoms. The first-order chi connectivity index (χ1) is 13.6. The van der Waals surface area contributed by atoms with Crippen LogP contribution in [0.1, 0.15) is 10.5 Å². The van der Waals surface area contributed by atoms with Crippen molar-refractivity contribution >= 4 is 22.6 Å². The van der Waals surface area contributed by atoms with Crippen LogP contribution in [0.3, 0.4) is 0 Å². The highest BCUT2D eigenvalue weighted by Gasteiger charge is 2.14. The molecule has 0 radical (unpaired) electrons. The molecule has 0 atom stereocenters. The minimum absolute atomic E-state index is 0.183. The van der Waals surface area contributed by atoms with Crippen LogP contribution in [0.25, 0.3) is 17.1 Å². The van der Waals surface area contributed by atoms with E-state index in [4.69, 9.17) is 4.74 Å². The highest BCUT2D eigenvalue weighted by Crippen LogP contribution is 2.24. The molecular formula is C19H14FN5O2S. The van der Waals surface area contributed by atoms with Crippen molar-refractivity contribution in [1.29, 1.82) is 0 Å². The molecule has 1 amide bonds. The number of methoxy groups -OCH3 is 1. The fourth-order valence-corrected chi connectivity index (χ4v) is 3.11. The Morgan fingerprint density at radius 2 is 2.04 bits per heavy atom. The smallest absolute Gasteiger partial charge is 0.277 e. The summed E-state index contributed by atoms with van der Waals surface area (Å²) in [5.74, 6) is 0.381. The van der Waals surface area contributed by atoms with E-state index in [1.54, 1.807) is 31.5 Å². The fourth-order valence-electron chi connectivity index (χ4n) is 2.52. The molecule has 4 rings (SSSR count). The maximum absolute atomic E-state index is 13.4. The summed E-state index contributed by atoms with van der Waals surface area (Å²) in [5.41, 5.74) is 1.49.